The minimum atomic E-state index is -0.894. The second-order valence-corrected chi connectivity index (χ2v) is 16.0. The van der Waals surface area contributed by atoms with Crippen molar-refractivity contribution in [2.24, 2.45) is 11.8 Å². The van der Waals surface area contributed by atoms with Gasteiger partial charge in [0, 0.05) is 44.9 Å². The minimum Gasteiger partial charge on any atom is -0.486 e. The lowest BCUT2D eigenvalue weighted by atomic mass is 9.99. The summed E-state index contributed by atoms with van der Waals surface area (Å²) in [7, 11) is 0. The SMILES string of the molecule is O=C(N[C@H](CN1CCCC1)[C@H](O)c1ccc2c(c1)OCCO2)[C@@H]1CCN(c2cccc(Oc3ccc(F)cc3)n2)C1.O=C(O)[C@@H]1CCN(c2cccc(Oc3ccc(F)cc3)n2)C1. The molecule has 1 amide bonds. The number of hydrogen-bond acceptors (Lipinski definition) is 12. The Morgan fingerprint density at radius 1 is 0.714 bits per heavy atom. The molecule has 0 bridgehead atoms. The number of hydrogen-bond donors (Lipinski definition) is 3. The van der Waals surface area contributed by atoms with Gasteiger partial charge in [-0.25, -0.2) is 8.78 Å². The van der Waals surface area contributed by atoms with Gasteiger partial charge in [-0.1, -0.05) is 18.2 Å². The van der Waals surface area contributed by atoms with Crippen LogP contribution in [0.15, 0.2) is 103 Å². The van der Waals surface area contributed by atoms with E-state index >= 15 is 0 Å². The number of carboxylic acids is 1. The molecule has 0 unspecified atom stereocenters. The van der Waals surface area contributed by atoms with Gasteiger partial charge in [0.05, 0.1) is 17.9 Å². The summed E-state index contributed by atoms with van der Waals surface area (Å²) in [6.07, 6.45) is 2.63. The van der Waals surface area contributed by atoms with Crippen LogP contribution >= 0.6 is 0 Å². The van der Waals surface area contributed by atoms with E-state index in [4.69, 9.17) is 24.1 Å². The number of aliphatic hydroxyl groups excluding tert-OH is 1. The maximum absolute atomic E-state index is 13.5. The number of amides is 1. The highest BCUT2D eigenvalue weighted by molar-refractivity contribution is 5.80. The van der Waals surface area contributed by atoms with Crippen LogP contribution in [0.4, 0.5) is 20.4 Å². The third kappa shape index (κ3) is 11.3. The number of pyridine rings is 2. The number of aliphatic carboxylic acids is 1. The van der Waals surface area contributed by atoms with Gasteiger partial charge in [-0.3, -0.25) is 9.59 Å². The van der Waals surface area contributed by atoms with Gasteiger partial charge in [0.25, 0.3) is 0 Å². The Bertz CT molecular complexity index is 2330. The van der Waals surface area contributed by atoms with E-state index in [2.05, 4.69) is 25.1 Å². The molecule has 3 fully saturated rings. The summed E-state index contributed by atoms with van der Waals surface area (Å²) in [6.45, 7) is 5.74. The highest BCUT2D eigenvalue weighted by atomic mass is 19.1. The number of fused-ring (bicyclic) bond motifs is 1. The summed E-state index contributed by atoms with van der Waals surface area (Å²) in [5.41, 5.74) is 0.689. The van der Waals surface area contributed by atoms with Crippen molar-refractivity contribution in [2.45, 2.75) is 37.8 Å². The highest BCUT2D eigenvalue weighted by Gasteiger charge is 2.34. The Balaban J connectivity index is 0.000000208. The van der Waals surface area contributed by atoms with Gasteiger partial charge < -0.3 is 49.2 Å². The normalized spacial score (nSPS) is 19.2. The molecule has 4 aliphatic heterocycles. The van der Waals surface area contributed by atoms with Crippen LogP contribution in [0.1, 0.15) is 37.4 Å². The fourth-order valence-electron chi connectivity index (χ4n) is 8.12. The monoisotopic (exact) mass is 864 g/mol. The number of rotatable bonds is 13. The predicted octanol–water partition coefficient (Wildman–Crippen LogP) is 6.85. The molecule has 3 aromatic carbocycles. The maximum Gasteiger partial charge on any atom is 0.308 e. The van der Waals surface area contributed by atoms with Gasteiger partial charge in [0.1, 0.15) is 54.1 Å². The van der Waals surface area contributed by atoms with Crippen molar-refractivity contribution in [1.29, 1.82) is 0 Å². The number of carbonyl (C=O) groups is 2. The van der Waals surface area contributed by atoms with E-state index in [0.29, 0.717) is 111 Å². The highest BCUT2D eigenvalue weighted by Crippen LogP contribution is 2.34. The zero-order valence-electron chi connectivity index (χ0n) is 34.7. The first-order valence-corrected chi connectivity index (χ1v) is 21.3. The van der Waals surface area contributed by atoms with Crippen LogP contribution in [0.5, 0.6) is 34.8 Å². The molecule has 2 aromatic heterocycles. The summed E-state index contributed by atoms with van der Waals surface area (Å²) >= 11 is 0. The molecule has 330 valence electrons. The largest absolute Gasteiger partial charge is 0.486 e. The van der Waals surface area contributed by atoms with Crippen LogP contribution in [-0.2, 0) is 9.59 Å². The standard InChI is InChI=1S/C31H35FN4O5.C16H15FN2O3/c32-23-7-9-24(10-8-23)41-29-5-3-4-28(34-29)36-15-12-22(19-36)31(38)33-25(20-35-13-1-2-14-35)30(37)21-6-11-26-27(18-21)40-17-16-39-26;17-12-4-6-13(7-5-12)22-15-3-1-2-14(18-15)19-9-8-11(10-19)16(20)21/h3-11,18,22,25,30,37H,1-2,12-17,19-20H2,(H,33,38);1-7,11H,8-10H2,(H,20,21)/t22-,25-,30-;11-/m11/s1. The zero-order chi connectivity index (χ0) is 43.7. The molecule has 4 aliphatic rings. The van der Waals surface area contributed by atoms with E-state index in [9.17, 15) is 23.5 Å². The molecule has 14 nitrogen and oxygen atoms in total. The number of anilines is 2. The Labute approximate surface area is 364 Å². The maximum atomic E-state index is 13.5. The first-order valence-electron chi connectivity index (χ1n) is 21.3. The molecule has 3 N–H and O–H groups in total. The molecule has 0 radical (unpaired) electrons. The quantitative estimate of drug-likeness (QED) is 0.113. The second-order valence-electron chi connectivity index (χ2n) is 16.0. The number of nitrogens with zero attached hydrogens (tertiary/aromatic N) is 5. The van der Waals surface area contributed by atoms with E-state index in [1.54, 1.807) is 30.3 Å². The van der Waals surface area contributed by atoms with E-state index in [0.717, 1.165) is 25.9 Å². The number of nitrogens with one attached hydrogen (secondary N) is 1. The Morgan fingerprint density at radius 2 is 1.25 bits per heavy atom. The predicted molar refractivity (Wildman–Crippen MR) is 230 cm³/mol. The van der Waals surface area contributed by atoms with Crippen molar-refractivity contribution in [1.82, 2.24) is 20.2 Å². The molecule has 0 saturated carbocycles. The fourth-order valence-corrected chi connectivity index (χ4v) is 8.12. The van der Waals surface area contributed by atoms with Crippen LogP contribution in [0.3, 0.4) is 0 Å². The van der Waals surface area contributed by atoms with Crippen molar-refractivity contribution in [3.63, 3.8) is 0 Å². The number of aliphatic hydroxyl groups is 1. The summed E-state index contributed by atoms with van der Waals surface area (Å²) in [5.74, 6) is 2.34. The molecular weight excluding hydrogens is 815 g/mol. The first-order chi connectivity index (χ1) is 30.6. The van der Waals surface area contributed by atoms with Gasteiger partial charge >= 0.3 is 5.97 Å². The van der Waals surface area contributed by atoms with E-state index in [1.807, 2.05) is 41.3 Å². The number of likely N-dealkylation sites (tertiary alicyclic amines) is 1. The number of carbonyl (C=O) groups excluding carboxylic acids is 1. The van der Waals surface area contributed by atoms with Gasteiger partial charge in [-0.2, -0.15) is 9.97 Å². The Hall–Kier alpha value is -6.52. The van der Waals surface area contributed by atoms with Crippen molar-refractivity contribution in [3.05, 3.63) is 120 Å². The molecule has 16 heteroatoms. The van der Waals surface area contributed by atoms with Crippen LogP contribution in [0.2, 0.25) is 0 Å². The third-order valence-electron chi connectivity index (χ3n) is 11.5. The number of ether oxygens (including phenoxy) is 4. The Morgan fingerprint density at radius 3 is 1.81 bits per heavy atom. The van der Waals surface area contributed by atoms with E-state index in [-0.39, 0.29) is 29.4 Å². The fraction of sp³-hybridized carbons (Fsp3) is 0.362. The summed E-state index contributed by atoms with van der Waals surface area (Å²) < 4.78 is 48.8. The van der Waals surface area contributed by atoms with Crippen LogP contribution in [0, 0.1) is 23.5 Å². The molecule has 5 aromatic rings. The average Bonchev–Trinajstić information content (AvgIpc) is 4.12. The molecule has 4 atom stereocenters. The summed E-state index contributed by atoms with van der Waals surface area (Å²) in [5, 5.41) is 23.7. The Kier molecular flexibility index (Phi) is 13.8. The van der Waals surface area contributed by atoms with Crippen molar-refractivity contribution < 1.29 is 47.5 Å². The van der Waals surface area contributed by atoms with Crippen molar-refractivity contribution >= 4 is 23.5 Å². The molecule has 0 aliphatic carbocycles. The van der Waals surface area contributed by atoms with Crippen LogP contribution < -0.4 is 34.1 Å². The topological polar surface area (TPSA) is 159 Å². The lowest BCUT2D eigenvalue weighted by molar-refractivity contribution is -0.141. The summed E-state index contributed by atoms with van der Waals surface area (Å²) in [6, 6.07) is 27.3. The number of aromatic nitrogens is 2. The van der Waals surface area contributed by atoms with Crippen LogP contribution in [-0.4, -0.2) is 102 Å². The molecule has 0 spiro atoms. The third-order valence-corrected chi connectivity index (χ3v) is 11.5. The number of halogens is 2. The average molecular weight is 865 g/mol. The molecule has 63 heavy (non-hydrogen) atoms. The molecule has 3 saturated heterocycles. The first kappa shape index (κ1) is 43.1. The van der Waals surface area contributed by atoms with Gasteiger partial charge in [-0.15, -0.1) is 0 Å². The minimum absolute atomic E-state index is 0.0768. The van der Waals surface area contributed by atoms with Crippen molar-refractivity contribution in [3.8, 4) is 34.8 Å². The molecule has 6 heterocycles. The van der Waals surface area contributed by atoms with Gasteiger partial charge in [-0.05, 0) is 117 Å². The smallest absolute Gasteiger partial charge is 0.308 e. The van der Waals surface area contributed by atoms with Gasteiger partial charge in [0.2, 0.25) is 17.7 Å². The lowest BCUT2D eigenvalue weighted by Crippen LogP contribution is -2.48. The van der Waals surface area contributed by atoms with Crippen molar-refractivity contribution in [2.75, 3.05) is 68.8 Å². The van der Waals surface area contributed by atoms with E-state index < -0.39 is 18.1 Å². The summed E-state index contributed by atoms with van der Waals surface area (Å²) in [4.78, 5) is 39.8. The molecular formula is C47H50F2N6O8. The second kappa shape index (κ2) is 20.1. The van der Waals surface area contributed by atoms with Gasteiger partial charge in [0.15, 0.2) is 11.5 Å². The number of carboxylic acid groups (broad SMARTS) is 1. The van der Waals surface area contributed by atoms with E-state index in [1.165, 1.54) is 36.4 Å². The lowest BCUT2D eigenvalue weighted by Gasteiger charge is -2.30. The van der Waals surface area contributed by atoms with Crippen LogP contribution in [0.25, 0.3) is 0 Å². The molecule has 9 rings (SSSR count). The zero-order valence-corrected chi connectivity index (χ0v) is 34.7. The number of benzene rings is 3.